The van der Waals surface area contributed by atoms with Crippen LogP contribution in [0.4, 0.5) is 5.69 Å². The van der Waals surface area contributed by atoms with E-state index in [9.17, 15) is 19.7 Å². The van der Waals surface area contributed by atoms with Crippen molar-refractivity contribution in [1.82, 2.24) is 9.99 Å². The Labute approximate surface area is 173 Å². The minimum Gasteiger partial charge on any atom is -0.451 e. The summed E-state index contributed by atoms with van der Waals surface area (Å²) in [6.07, 6.45) is 1.37. The van der Waals surface area contributed by atoms with E-state index < -0.39 is 16.7 Å². The molecule has 0 aliphatic rings. The fourth-order valence-corrected chi connectivity index (χ4v) is 3.35. The van der Waals surface area contributed by atoms with Gasteiger partial charge in [0.05, 0.1) is 21.0 Å². The lowest BCUT2D eigenvalue weighted by molar-refractivity contribution is -0.384. The van der Waals surface area contributed by atoms with Crippen molar-refractivity contribution >= 4 is 40.0 Å². The van der Waals surface area contributed by atoms with Crippen molar-refractivity contribution in [3.8, 4) is 11.3 Å². The first-order valence-corrected chi connectivity index (χ1v) is 8.98. The molecule has 9 nitrogen and oxygen atoms in total. The number of nitrogens with zero attached hydrogens (tertiary/aromatic N) is 2. The number of hydrogen-bond donors (Lipinski definition) is 2. The number of nitro groups is 1. The van der Waals surface area contributed by atoms with Crippen LogP contribution < -0.4 is 11.3 Å². The number of nitrogens with two attached hydrogens (primary N) is 1. The predicted octanol–water partition coefficient (Wildman–Crippen LogP) is 3.75. The zero-order valence-corrected chi connectivity index (χ0v) is 15.9. The Balaban J connectivity index is 1.77. The van der Waals surface area contributed by atoms with Gasteiger partial charge in [0.2, 0.25) is 0 Å². The standard InChI is InChI=1S/C20H13ClN4O5/c21-15-6-5-11(25(28)29)9-13(15)17-7-8-18(30-17)20(27)24-10-14(19(26)23-22)12-3-1-2-4-16(12)24/h1-10H,22H2,(H,23,26). The van der Waals surface area contributed by atoms with Crippen LogP contribution in [0.1, 0.15) is 20.9 Å². The molecule has 30 heavy (non-hydrogen) atoms. The van der Waals surface area contributed by atoms with E-state index in [2.05, 4.69) is 5.43 Å². The molecule has 3 N–H and O–H groups in total. The number of para-hydroxylation sites is 1. The van der Waals surface area contributed by atoms with Gasteiger partial charge in [0.1, 0.15) is 5.76 Å². The van der Waals surface area contributed by atoms with Gasteiger partial charge in [-0.05, 0) is 24.3 Å². The quantitative estimate of drug-likeness (QED) is 0.222. The van der Waals surface area contributed by atoms with E-state index in [-0.39, 0.29) is 33.4 Å². The lowest BCUT2D eigenvalue weighted by Gasteiger charge is -2.03. The summed E-state index contributed by atoms with van der Waals surface area (Å²) < 4.78 is 6.92. The number of nitro benzene ring substituents is 1. The Morgan fingerprint density at radius 3 is 2.63 bits per heavy atom. The highest BCUT2D eigenvalue weighted by Crippen LogP contribution is 2.33. The molecule has 150 valence electrons. The van der Waals surface area contributed by atoms with Gasteiger partial charge in [-0.2, -0.15) is 0 Å². The summed E-state index contributed by atoms with van der Waals surface area (Å²) in [5.74, 6) is 4.32. The first kappa shape index (κ1) is 19.4. The third-order valence-corrected chi connectivity index (χ3v) is 4.88. The summed E-state index contributed by atoms with van der Waals surface area (Å²) in [6.45, 7) is 0. The second-order valence-corrected chi connectivity index (χ2v) is 6.70. The lowest BCUT2D eigenvalue weighted by atomic mass is 10.1. The van der Waals surface area contributed by atoms with E-state index in [0.717, 1.165) is 0 Å². The number of non-ortho nitro benzene ring substituents is 1. The molecule has 0 aliphatic heterocycles. The number of furan rings is 1. The van der Waals surface area contributed by atoms with Crippen LogP contribution in [-0.4, -0.2) is 21.3 Å². The number of aromatic nitrogens is 1. The lowest BCUT2D eigenvalue weighted by Crippen LogP contribution is -2.29. The Hall–Kier alpha value is -3.95. The van der Waals surface area contributed by atoms with E-state index in [1.54, 1.807) is 24.3 Å². The SMILES string of the molecule is NNC(=O)c1cn(C(=O)c2ccc(-c3cc([N+](=O)[O-])ccc3Cl)o2)c2ccccc12. The van der Waals surface area contributed by atoms with Gasteiger partial charge in [0, 0.05) is 29.3 Å². The molecule has 0 radical (unpaired) electrons. The summed E-state index contributed by atoms with van der Waals surface area (Å²) in [6, 6.07) is 13.7. The van der Waals surface area contributed by atoms with Crippen molar-refractivity contribution in [2.75, 3.05) is 0 Å². The Kier molecular flexibility index (Phi) is 4.82. The monoisotopic (exact) mass is 424 g/mol. The van der Waals surface area contributed by atoms with Crippen LogP contribution >= 0.6 is 11.6 Å². The number of rotatable bonds is 4. The van der Waals surface area contributed by atoms with Crippen molar-refractivity contribution in [3.05, 3.63) is 87.3 Å². The molecule has 0 atom stereocenters. The number of amides is 1. The third kappa shape index (κ3) is 3.21. The number of benzene rings is 2. The molecule has 0 saturated carbocycles. The van der Waals surface area contributed by atoms with Gasteiger partial charge in [-0.1, -0.05) is 29.8 Å². The molecule has 0 bridgehead atoms. The number of nitrogen functional groups attached to an aromatic ring is 1. The number of fused-ring (bicyclic) bond motifs is 1. The molecule has 0 saturated heterocycles. The number of nitrogens with one attached hydrogen (secondary N) is 1. The summed E-state index contributed by atoms with van der Waals surface area (Å²) in [7, 11) is 0. The molecule has 0 fully saturated rings. The zero-order chi connectivity index (χ0) is 21.4. The van der Waals surface area contributed by atoms with E-state index in [1.807, 2.05) is 0 Å². The Morgan fingerprint density at radius 1 is 1.13 bits per heavy atom. The Morgan fingerprint density at radius 2 is 1.90 bits per heavy atom. The van der Waals surface area contributed by atoms with Crippen LogP contribution in [-0.2, 0) is 0 Å². The van der Waals surface area contributed by atoms with Crippen LogP contribution in [0.25, 0.3) is 22.2 Å². The molecular formula is C20H13ClN4O5. The fraction of sp³-hybridized carbons (Fsp3) is 0. The van der Waals surface area contributed by atoms with Gasteiger partial charge in [0.15, 0.2) is 5.76 Å². The average molecular weight is 425 g/mol. The van der Waals surface area contributed by atoms with Crippen LogP contribution in [0.5, 0.6) is 0 Å². The van der Waals surface area contributed by atoms with Crippen molar-refractivity contribution in [1.29, 1.82) is 0 Å². The van der Waals surface area contributed by atoms with E-state index in [4.69, 9.17) is 21.9 Å². The number of carbonyl (C=O) groups is 2. The minimum atomic E-state index is -0.551. The van der Waals surface area contributed by atoms with Crippen LogP contribution in [0.3, 0.4) is 0 Å². The van der Waals surface area contributed by atoms with Crippen molar-refractivity contribution in [2.24, 2.45) is 5.84 Å². The number of carbonyl (C=O) groups excluding carboxylic acids is 2. The van der Waals surface area contributed by atoms with Crippen molar-refractivity contribution in [2.45, 2.75) is 0 Å². The fourth-order valence-electron chi connectivity index (χ4n) is 3.14. The molecule has 2 aromatic heterocycles. The van der Waals surface area contributed by atoms with Gasteiger partial charge >= 0.3 is 0 Å². The second kappa shape index (κ2) is 7.47. The van der Waals surface area contributed by atoms with Gasteiger partial charge in [-0.25, -0.2) is 5.84 Å². The van der Waals surface area contributed by atoms with Gasteiger partial charge in [0.25, 0.3) is 17.5 Å². The normalized spacial score (nSPS) is 10.9. The average Bonchev–Trinajstić information content (AvgIpc) is 3.38. The minimum absolute atomic E-state index is 0.0342. The number of hydrazine groups is 1. The van der Waals surface area contributed by atoms with E-state index in [1.165, 1.54) is 41.1 Å². The topological polar surface area (TPSA) is 133 Å². The van der Waals surface area contributed by atoms with Crippen LogP contribution in [0.2, 0.25) is 5.02 Å². The maximum atomic E-state index is 13.1. The number of halogens is 1. The van der Waals surface area contributed by atoms with Gasteiger partial charge < -0.3 is 4.42 Å². The van der Waals surface area contributed by atoms with Gasteiger partial charge in [-0.15, -0.1) is 0 Å². The molecular weight excluding hydrogens is 412 g/mol. The zero-order valence-electron chi connectivity index (χ0n) is 15.2. The predicted molar refractivity (Wildman–Crippen MR) is 109 cm³/mol. The van der Waals surface area contributed by atoms with Crippen molar-refractivity contribution < 1.29 is 18.9 Å². The maximum Gasteiger partial charge on any atom is 0.298 e. The summed E-state index contributed by atoms with van der Waals surface area (Å²) in [5, 5.41) is 11.8. The molecule has 0 aliphatic carbocycles. The summed E-state index contributed by atoms with van der Waals surface area (Å²) in [4.78, 5) is 35.6. The molecule has 1 amide bonds. The summed E-state index contributed by atoms with van der Waals surface area (Å²) in [5.41, 5.74) is 2.90. The van der Waals surface area contributed by atoms with Crippen LogP contribution in [0.15, 0.2) is 65.2 Å². The van der Waals surface area contributed by atoms with Gasteiger partial charge in [-0.3, -0.25) is 29.7 Å². The summed E-state index contributed by atoms with van der Waals surface area (Å²) >= 11 is 6.14. The molecule has 0 spiro atoms. The highest BCUT2D eigenvalue weighted by atomic mass is 35.5. The molecule has 2 aromatic carbocycles. The first-order chi connectivity index (χ1) is 14.4. The van der Waals surface area contributed by atoms with E-state index >= 15 is 0 Å². The third-order valence-electron chi connectivity index (χ3n) is 4.55. The largest absolute Gasteiger partial charge is 0.451 e. The molecule has 0 unspecified atom stereocenters. The van der Waals surface area contributed by atoms with E-state index in [0.29, 0.717) is 10.9 Å². The first-order valence-electron chi connectivity index (χ1n) is 8.60. The van der Waals surface area contributed by atoms with Crippen molar-refractivity contribution in [3.63, 3.8) is 0 Å². The number of hydrogen-bond acceptors (Lipinski definition) is 6. The molecule has 2 heterocycles. The molecule has 10 heteroatoms. The highest BCUT2D eigenvalue weighted by molar-refractivity contribution is 6.33. The maximum absolute atomic E-state index is 13.1. The highest BCUT2D eigenvalue weighted by Gasteiger charge is 2.22. The van der Waals surface area contributed by atoms with Crippen LogP contribution in [0, 0.1) is 10.1 Å². The smallest absolute Gasteiger partial charge is 0.298 e. The Bertz CT molecular complexity index is 1320. The molecule has 4 aromatic rings. The molecule has 4 rings (SSSR count). The second-order valence-electron chi connectivity index (χ2n) is 6.29.